The molecule has 0 heterocycles. The monoisotopic (exact) mass is 376 g/mol. The zero-order chi connectivity index (χ0) is 20.3. The van der Waals surface area contributed by atoms with Crippen LogP contribution in [0.25, 0.3) is 0 Å². The van der Waals surface area contributed by atoms with Crippen molar-refractivity contribution in [1.29, 1.82) is 0 Å². The highest BCUT2D eigenvalue weighted by molar-refractivity contribution is 5.85. The molecule has 2 N–H and O–H groups in total. The third-order valence-electron chi connectivity index (χ3n) is 4.75. The van der Waals surface area contributed by atoms with Crippen LogP contribution in [0, 0.1) is 10.1 Å². The minimum atomic E-state index is -0.464. The molecule has 28 heavy (non-hydrogen) atoms. The molecule has 0 aliphatic rings. The largest absolute Gasteiger partial charge is 0.508 e. The van der Waals surface area contributed by atoms with E-state index in [9.17, 15) is 20.3 Å². The number of phenols is 2. The molecule has 0 radical (unpaired) electrons. The van der Waals surface area contributed by atoms with Crippen LogP contribution in [0.3, 0.4) is 0 Å². The predicted octanol–water partition coefficient (Wildman–Crippen LogP) is 5.08. The van der Waals surface area contributed by atoms with Gasteiger partial charge in [0.1, 0.15) is 11.5 Å². The van der Waals surface area contributed by atoms with Gasteiger partial charge in [0, 0.05) is 29.3 Å². The molecule has 0 saturated carbocycles. The van der Waals surface area contributed by atoms with Crippen LogP contribution in [-0.2, 0) is 5.41 Å². The van der Waals surface area contributed by atoms with Crippen molar-refractivity contribution in [3.63, 3.8) is 0 Å². The molecule has 0 aromatic heterocycles. The van der Waals surface area contributed by atoms with Gasteiger partial charge in [-0.05, 0) is 47.5 Å². The maximum Gasteiger partial charge on any atom is 0.269 e. The molecule has 6 nitrogen and oxygen atoms in total. The third kappa shape index (κ3) is 4.01. The van der Waals surface area contributed by atoms with Gasteiger partial charge in [-0.15, -0.1) is 0 Å². The number of phenolic OH excluding ortho intramolecular Hbond substituents is 2. The van der Waals surface area contributed by atoms with E-state index in [1.165, 1.54) is 18.3 Å². The van der Waals surface area contributed by atoms with Crippen molar-refractivity contribution < 1.29 is 15.1 Å². The average molecular weight is 376 g/mol. The summed E-state index contributed by atoms with van der Waals surface area (Å²) < 4.78 is 0. The normalized spacial score (nSPS) is 11.6. The van der Waals surface area contributed by atoms with Crippen LogP contribution in [-0.4, -0.2) is 21.4 Å². The lowest BCUT2D eigenvalue weighted by Crippen LogP contribution is -2.19. The van der Waals surface area contributed by atoms with Gasteiger partial charge < -0.3 is 10.2 Å². The highest BCUT2D eigenvalue weighted by Gasteiger charge is 2.23. The Kier molecular flexibility index (Phi) is 5.13. The first-order chi connectivity index (χ1) is 13.3. The quantitative estimate of drug-likeness (QED) is 0.368. The van der Waals surface area contributed by atoms with Gasteiger partial charge in [0.15, 0.2) is 0 Å². The Bertz CT molecular complexity index is 1020. The number of nitrogens with zero attached hydrogens (tertiary/aromatic N) is 2. The second kappa shape index (κ2) is 7.52. The second-order valence-corrected chi connectivity index (χ2v) is 6.98. The zero-order valence-electron chi connectivity index (χ0n) is 15.5. The van der Waals surface area contributed by atoms with Crippen LogP contribution in [0.2, 0.25) is 0 Å². The molecule has 142 valence electrons. The summed E-state index contributed by atoms with van der Waals surface area (Å²) in [5.74, 6) is 0.303. The molecule has 3 aromatic rings. The van der Waals surface area contributed by atoms with Crippen molar-refractivity contribution in [3.05, 3.63) is 93.5 Å². The standard InChI is InChI=1S/C22H20N2O4/c1-22(2,16-3-10-20(25)11-4-16)17-5-12-21(26)15(13-17)14-23-18-6-8-19(9-7-18)24(27)28/h3-14,25-26H,1-2H3. The number of nitro groups is 1. The van der Waals surface area contributed by atoms with E-state index >= 15 is 0 Å². The Morgan fingerprint density at radius 3 is 2.14 bits per heavy atom. The minimum Gasteiger partial charge on any atom is -0.508 e. The van der Waals surface area contributed by atoms with E-state index < -0.39 is 4.92 Å². The number of rotatable bonds is 5. The van der Waals surface area contributed by atoms with E-state index in [-0.39, 0.29) is 22.6 Å². The van der Waals surface area contributed by atoms with Crippen LogP contribution >= 0.6 is 0 Å². The van der Waals surface area contributed by atoms with Crippen LogP contribution in [0.15, 0.2) is 71.7 Å². The van der Waals surface area contributed by atoms with E-state index in [4.69, 9.17) is 0 Å². The molecule has 0 bridgehead atoms. The van der Waals surface area contributed by atoms with Crippen molar-refractivity contribution in [2.75, 3.05) is 0 Å². The van der Waals surface area contributed by atoms with Crippen LogP contribution in [0.1, 0.15) is 30.5 Å². The Morgan fingerprint density at radius 1 is 0.929 bits per heavy atom. The van der Waals surface area contributed by atoms with Crippen molar-refractivity contribution in [2.24, 2.45) is 4.99 Å². The Morgan fingerprint density at radius 2 is 1.54 bits per heavy atom. The van der Waals surface area contributed by atoms with Gasteiger partial charge in [-0.3, -0.25) is 15.1 Å². The number of aromatic hydroxyl groups is 2. The highest BCUT2D eigenvalue weighted by atomic mass is 16.6. The summed E-state index contributed by atoms with van der Waals surface area (Å²) in [6, 6.07) is 18.2. The number of aliphatic imine (C=N–C) groups is 1. The molecular formula is C22H20N2O4. The summed E-state index contributed by atoms with van der Waals surface area (Å²) in [7, 11) is 0. The summed E-state index contributed by atoms with van der Waals surface area (Å²) in [6.07, 6.45) is 1.53. The molecule has 0 amide bonds. The summed E-state index contributed by atoms with van der Waals surface area (Å²) >= 11 is 0. The van der Waals surface area contributed by atoms with Gasteiger partial charge in [0.25, 0.3) is 5.69 Å². The van der Waals surface area contributed by atoms with Crippen LogP contribution in [0.5, 0.6) is 11.5 Å². The topological polar surface area (TPSA) is 96.0 Å². The summed E-state index contributed by atoms with van der Waals surface area (Å²) in [6.45, 7) is 4.12. The van der Waals surface area contributed by atoms with Crippen molar-refractivity contribution >= 4 is 17.6 Å². The molecule has 0 atom stereocenters. The molecular weight excluding hydrogens is 356 g/mol. The van der Waals surface area contributed by atoms with E-state index in [0.717, 1.165) is 11.1 Å². The molecule has 6 heteroatoms. The Balaban J connectivity index is 1.90. The molecule has 0 unspecified atom stereocenters. The molecule has 3 aromatic carbocycles. The Hall–Kier alpha value is -3.67. The maximum absolute atomic E-state index is 10.7. The SMILES string of the molecule is CC(C)(c1ccc(O)cc1)c1ccc(O)c(C=Nc2ccc([N+](=O)[O-])cc2)c1. The van der Waals surface area contributed by atoms with Gasteiger partial charge >= 0.3 is 0 Å². The van der Waals surface area contributed by atoms with E-state index in [0.29, 0.717) is 11.3 Å². The Labute approximate surface area is 162 Å². The summed E-state index contributed by atoms with van der Waals surface area (Å²) in [4.78, 5) is 14.6. The molecule has 0 aliphatic carbocycles. The van der Waals surface area contributed by atoms with E-state index in [2.05, 4.69) is 18.8 Å². The van der Waals surface area contributed by atoms with Crippen LogP contribution < -0.4 is 0 Å². The van der Waals surface area contributed by atoms with E-state index in [1.54, 1.807) is 30.3 Å². The number of hydrogen-bond donors (Lipinski definition) is 2. The van der Waals surface area contributed by atoms with Crippen molar-refractivity contribution in [1.82, 2.24) is 0 Å². The molecule has 0 saturated heterocycles. The maximum atomic E-state index is 10.7. The fourth-order valence-electron chi connectivity index (χ4n) is 2.90. The lowest BCUT2D eigenvalue weighted by atomic mass is 9.77. The van der Waals surface area contributed by atoms with Gasteiger partial charge in [-0.25, -0.2) is 0 Å². The first-order valence-corrected chi connectivity index (χ1v) is 8.69. The smallest absolute Gasteiger partial charge is 0.269 e. The lowest BCUT2D eigenvalue weighted by Gasteiger charge is -2.26. The summed E-state index contributed by atoms with van der Waals surface area (Å²) in [5, 5.41) is 30.4. The van der Waals surface area contributed by atoms with Gasteiger partial charge in [0.05, 0.1) is 10.6 Å². The van der Waals surface area contributed by atoms with E-state index in [1.807, 2.05) is 24.3 Å². The first kappa shape index (κ1) is 19.1. The molecule has 3 rings (SSSR count). The minimum absolute atomic E-state index is 0.000517. The second-order valence-electron chi connectivity index (χ2n) is 6.98. The van der Waals surface area contributed by atoms with Crippen molar-refractivity contribution in [3.8, 4) is 11.5 Å². The van der Waals surface area contributed by atoms with Crippen LogP contribution in [0.4, 0.5) is 11.4 Å². The zero-order valence-corrected chi connectivity index (χ0v) is 15.5. The summed E-state index contributed by atoms with van der Waals surface area (Å²) in [5.41, 5.74) is 2.74. The molecule has 0 fully saturated rings. The van der Waals surface area contributed by atoms with Gasteiger partial charge in [0.2, 0.25) is 0 Å². The third-order valence-corrected chi connectivity index (χ3v) is 4.75. The fourth-order valence-corrected chi connectivity index (χ4v) is 2.90. The number of non-ortho nitro benzene ring substituents is 1. The highest BCUT2D eigenvalue weighted by Crippen LogP contribution is 2.34. The van der Waals surface area contributed by atoms with Gasteiger partial charge in [-0.2, -0.15) is 0 Å². The number of benzene rings is 3. The van der Waals surface area contributed by atoms with Gasteiger partial charge in [-0.1, -0.05) is 32.0 Å². The molecule has 0 aliphatic heterocycles. The number of nitro benzene ring substituents is 1. The predicted molar refractivity (Wildman–Crippen MR) is 109 cm³/mol. The number of hydrogen-bond acceptors (Lipinski definition) is 5. The molecule has 0 spiro atoms. The van der Waals surface area contributed by atoms with Crippen molar-refractivity contribution in [2.45, 2.75) is 19.3 Å². The lowest BCUT2D eigenvalue weighted by molar-refractivity contribution is -0.384. The first-order valence-electron chi connectivity index (χ1n) is 8.69. The fraction of sp³-hybridized carbons (Fsp3) is 0.136. The average Bonchev–Trinajstić information content (AvgIpc) is 2.68.